The van der Waals surface area contributed by atoms with Gasteiger partial charge < -0.3 is 15.1 Å². The molecule has 2 aromatic rings. The number of nitrogens with one attached hydrogen (secondary N) is 1. The number of nitro groups is 1. The average Bonchev–Trinajstić information content (AvgIpc) is 2.74. The van der Waals surface area contributed by atoms with Crippen molar-refractivity contribution in [3.63, 3.8) is 0 Å². The molecule has 2 amide bonds. The second-order valence-electron chi connectivity index (χ2n) is 6.45. The molecule has 0 radical (unpaired) electrons. The Morgan fingerprint density at radius 3 is 2.31 bits per heavy atom. The van der Waals surface area contributed by atoms with Gasteiger partial charge in [0, 0.05) is 50.9 Å². The molecule has 0 spiro atoms. The third kappa shape index (κ3) is 4.15. The van der Waals surface area contributed by atoms with Gasteiger partial charge in [0.25, 0.3) is 17.5 Å². The third-order valence-corrected chi connectivity index (χ3v) is 4.74. The van der Waals surface area contributed by atoms with Gasteiger partial charge in [-0.25, -0.2) is 8.78 Å². The first-order valence-electron chi connectivity index (χ1n) is 8.81. The standard InChI is InChI=1S/C19H18F2N4O4/c1-22-18(26)14-11-13(25(28)29)3-5-17(14)23-6-8-24(9-7-23)19(27)12-2-4-15(20)16(21)10-12/h2-5,10-11H,6-9H2,1H3,(H,22,26). The van der Waals surface area contributed by atoms with E-state index in [9.17, 15) is 28.5 Å². The number of anilines is 1. The average molecular weight is 404 g/mol. The highest BCUT2D eigenvalue weighted by Gasteiger charge is 2.26. The number of carbonyl (C=O) groups is 2. The quantitative estimate of drug-likeness (QED) is 0.623. The van der Waals surface area contributed by atoms with Crippen molar-refractivity contribution in [2.24, 2.45) is 0 Å². The molecule has 10 heteroatoms. The van der Waals surface area contributed by atoms with E-state index in [4.69, 9.17) is 0 Å². The van der Waals surface area contributed by atoms with E-state index in [0.29, 0.717) is 31.9 Å². The Labute approximate surface area is 164 Å². The maximum Gasteiger partial charge on any atom is 0.270 e. The molecule has 1 aliphatic heterocycles. The summed E-state index contributed by atoms with van der Waals surface area (Å²) in [5.74, 6) is -2.98. The molecule has 3 rings (SSSR count). The molecule has 1 aliphatic rings. The van der Waals surface area contributed by atoms with Crippen molar-refractivity contribution >= 4 is 23.2 Å². The van der Waals surface area contributed by atoms with Crippen LogP contribution in [0.5, 0.6) is 0 Å². The third-order valence-electron chi connectivity index (χ3n) is 4.74. The van der Waals surface area contributed by atoms with Crippen molar-refractivity contribution in [1.82, 2.24) is 10.2 Å². The number of hydrogen-bond donors (Lipinski definition) is 1. The monoisotopic (exact) mass is 404 g/mol. The molecule has 0 aromatic heterocycles. The molecule has 152 valence electrons. The summed E-state index contributed by atoms with van der Waals surface area (Å²) in [7, 11) is 1.43. The number of hydrogen-bond acceptors (Lipinski definition) is 5. The maximum absolute atomic E-state index is 13.4. The normalized spacial score (nSPS) is 13.9. The lowest BCUT2D eigenvalue weighted by Crippen LogP contribution is -2.49. The lowest BCUT2D eigenvalue weighted by Gasteiger charge is -2.36. The van der Waals surface area contributed by atoms with Gasteiger partial charge >= 0.3 is 0 Å². The molecule has 0 saturated carbocycles. The molecule has 8 nitrogen and oxygen atoms in total. The number of nitro benzene ring substituents is 1. The Balaban J connectivity index is 1.76. The van der Waals surface area contributed by atoms with Gasteiger partial charge in [0.2, 0.25) is 0 Å². The second kappa shape index (κ2) is 8.21. The van der Waals surface area contributed by atoms with Crippen molar-refractivity contribution in [3.8, 4) is 0 Å². The molecular weight excluding hydrogens is 386 g/mol. The molecule has 29 heavy (non-hydrogen) atoms. The topological polar surface area (TPSA) is 95.8 Å². The van der Waals surface area contributed by atoms with Crippen LogP contribution in [0.1, 0.15) is 20.7 Å². The number of halogens is 2. The fraction of sp³-hybridized carbons (Fsp3) is 0.263. The molecule has 2 aromatic carbocycles. The highest BCUT2D eigenvalue weighted by molar-refractivity contribution is 6.00. The Morgan fingerprint density at radius 1 is 1.03 bits per heavy atom. The summed E-state index contributed by atoms with van der Waals surface area (Å²) >= 11 is 0. The summed E-state index contributed by atoms with van der Waals surface area (Å²) in [6, 6.07) is 7.05. The molecule has 0 unspecified atom stereocenters. The van der Waals surface area contributed by atoms with E-state index in [-0.39, 0.29) is 16.8 Å². The van der Waals surface area contributed by atoms with Crippen LogP contribution in [0.2, 0.25) is 0 Å². The number of carbonyl (C=O) groups excluding carboxylic acids is 2. The van der Waals surface area contributed by atoms with Crippen LogP contribution >= 0.6 is 0 Å². The largest absolute Gasteiger partial charge is 0.367 e. The Hall–Kier alpha value is -3.56. The molecule has 1 fully saturated rings. The molecule has 0 bridgehead atoms. The van der Waals surface area contributed by atoms with Crippen molar-refractivity contribution in [3.05, 3.63) is 69.3 Å². The minimum Gasteiger partial charge on any atom is -0.367 e. The smallest absolute Gasteiger partial charge is 0.270 e. The lowest BCUT2D eigenvalue weighted by molar-refractivity contribution is -0.384. The predicted molar refractivity (Wildman–Crippen MR) is 101 cm³/mol. The number of non-ortho nitro benzene ring substituents is 1. The van der Waals surface area contributed by atoms with Gasteiger partial charge in [0.1, 0.15) is 0 Å². The van der Waals surface area contributed by atoms with Crippen LogP contribution < -0.4 is 10.2 Å². The SMILES string of the molecule is CNC(=O)c1cc([N+](=O)[O-])ccc1N1CCN(C(=O)c2ccc(F)c(F)c2)CC1. The molecule has 1 heterocycles. The number of piperazine rings is 1. The number of benzene rings is 2. The van der Waals surface area contributed by atoms with E-state index in [0.717, 1.165) is 12.1 Å². The molecule has 1 N–H and O–H groups in total. The summed E-state index contributed by atoms with van der Waals surface area (Å²) in [5.41, 5.74) is 0.551. The zero-order chi connectivity index (χ0) is 21.1. The van der Waals surface area contributed by atoms with E-state index in [2.05, 4.69) is 5.32 Å². The lowest BCUT2D eigenvalue weighted by atomic mass is 10.1. The van der Waals surface area contributed by atoms with Crippen LogP contribution in [-0.4, -0.2) is 54.9 Å². The number of amides is 2. The summed E-state index contributed by atoms with van der Waals surface area (Å²) in [6.07, 6.45) is 0. The van der Waals surface area contributed by atoms with Crippen LogP contribution in [0.4, 0.5) is 20.2 Å². The highest BCUT2D eigenvalue weighted by Crippen LogP contribution is 2.27. The summed E-state index contributed by atoms with van der Waals surface area (Å²) < 4.78 is 26.5. The van der Waals surface area contributed by atoms with Crippen LogP contribution in [-0.2, 0) is 0 Å². The first-order valence-corrected chi connectivity index (χ1v) is 8.81. The molecule has 0 atom stereocenters. The van der Waals surface area contributed by atoms with E-state index < -0.39 is 28.4 Å². The first-order chi connectivity index (χ1) is 13.8. The first kappa shape index (κ1) is 20.2. The van der Waals surface area contributed by atoms with Crippen molar-refractivity contribution in [2.75, 3.05) is 38.1 Å². The van der Waals surface area contributed by atoms with Crippen molar-refractivity contribution in [1.29, 1.82) is 0 Å². The van der Waals surface area contributed by atoms with E-state index in [1.54, 1.807) is 0 Å². The molecule has 0 aliphatic carbocycles. The van der Waals surface area contributed by atoms with Crippen LogP contribution in [0, 0.1) is 21.7 Å². The van der Waals surface area contributed by atoms with Crippen LogP contribution in [0.15, 0.2) is 36.4 Å². The zero-order valence-electron chi connectivity index (χ0n) is 15.5. The summed E-state index contributed by atoms with van der Waals surface area (Å²) in [6.45, 7) is 1.33. The maximum atomic E-state index is 13.4. The summed E-state index contributed by atoms with van der Waals surface area (Å²) in [5, 5.41) is 13.5. The Morgan fingerprint density at radius 2 is 1.72 bits per heavy atom. The van der Waals surface area contributed by atoms with E-state index in [1.165, 1.54) is 36.2 Å². The minimum atomic E-state index is -1.09. The minimum absolute atomic E-state index is 0.0544. The number of rotatable bonds is 4. The molecular formula is C19H18F2N4O4. The zero-order valence-corrected chi connectivity index (χ0v) is 15.5. The molecule has 1 saturated heterocycles. The van der Waals surface area contributed by atoms with Gasteiger partial charge in [-0.15, -0.1) is 0 Å². The fourth-order valence-corrected chi connectivity index (χ4v) is 3.19. The van der Waals surface area contributed by atoms with Gasteiger partial charge in [-0.1, -0.05) is 0 Å². The van der Waals surface area contributed by atoms with Gasteiger partial charge in [0.05, 0.1) is 16.2 Å². The highest BCUT2D eigenvalue weighted by atomic mass is 19.2. The Kier molecular flexibility index (Phi) is 5.71. The Bertz CT molecular complexity index is 975. The summed E-state index contributed by atoms with van der Waals surface area (Å²) in [4.78, 5) is 38.5. The van der Waals surface area contributed by atoms with E-state index >= 15 is 0 Å². The van der Waals surface area contributed by atoms with Crippen LogP contribution in [0.3, 0.4) is 0 Å². The van der Waals surface area contributed by atoms with Crippen molar-refractivity contribution < 1.29 is 23.3 Å². The van der Waals surface area contributed by atoms with E-state index in [1.807, 2.05) is 4.90 Å². The number of nitrogens with zero attached hydrogens (tertiary/aromatic N) is 3. The van der Waals surface area contributed by atoms with Crippen LogP contribution in [0.25, 0.3) is 0 Å². The fourth-order valence-electron chi connectivity index (χ4n) is 3.19. The van der Waals surface area contributed by atoms with Crippen molar-refractivity contribution in [2.45, 2.75) is 0 Å². The predicted octanol–water partition coefficient (Wildman–Crippen LogP) is 2.20. The van der Waals surface area contributed by atoms with Gasteiger partial charge in [0.15, 0.2) is 11.6 Å². The second-order valence-corrected chi connectivity index (χ2v) is 6.45. The van der Waals surface area contributed by atoms with Gasteiger partial charge in [-0.3, -0.25) is 19.7 Å². The van der Waals surface area contributed by atoms with Gasteiger partial charge in [-0.05, 0) is 24.3 Å². The van der Waals surface area contributed by atoms with Gasteiger partial charge in [-0.2, -0.15) is 0 Å².